The lowest BCUT2D eigenvalue weighted by molar-refractivity contribution is 0.0933. The van der Waals surface area contributed by atoms with Gasteiger partial charge in [0.1, 0.15) is 16.6 Å². The average molecular weight is 493 g/mol. The van der Waals surface area contributed by atoms with E-state index in [1.165, 1.54) is 17.5 Å². The van der Waals surface area contributed by atoms with Gasteiger partial charge in [0.05, 0.1) is 36.0 Å². The summed E-state index contributed by atoms with van der Waals surface area (Å²) in [5.74, 6) is -0.770. The number of rotatable bonds is 5. The number of carbonyl (C=O) groups excluding carboxylic acids is 2. The number of hydrogen-bond acceptors (Lipinski definition) is 6. The highest BCUT2D eigenvalue weighted by molar-refractivity contribution is 7.10. The lowest BCUT2D eigenvalue weighted by atomic mass is 10.0. The molecule has 0 saturated heterocycles. The van der Waals surface area contributed by atoms with Crippen molar-refractivity contribution in [2.75, 3.05) is 10.2 Å². The number of nitrogens with one attached hydrogen (secondary N) is 1. The summed E-state index contributed by atoms with van der Waals surface area (Å²) < 4.78 is 1.57. The molecular formula is C27H20N6O2S. The summed E-state index contributed by atoms with van der Waals surface area (Å²) in [7, 11) is 0. The van der Waals surface area contributed by atoms with Crippen LogP contribution in [0, 0.1) is 22.7 Å². The molecule has 0 fully saturated rings. The van der Waals surface area contributed by atoms with Crippen molar-refractivity contribution in [2.45, 2.75) is 25.9 Å². The number of nitriles is 2. The molecule has 5 rings (SSSR count). The summed E-state index contributed by atoms with van der Waals surface area (Å²) in [6.45, 7) is 2.38. The lowest BCUT2D eigenvalue weighted by Gasteiger charge is -2.34. The van der Waals surface area contributed by atoms with Gasteiger partial charge in [0.15, 0.2) is 0 Å². The van der Waals surface area contributed by atoms with Gasteiger partial charge < -0.3 is 10.2 Å². The van der Waals surface area contributed by atoms with E-state index >= 15 is 0 Å². The Morgan fingerprint density at radius 1 is 1.17 bits per heavy atom. The van der Waals surface area contributed by atoms with Gasteiger partial charge >= 0.3 is 0 Å². The van der Waals surface area contributed by atoms with Crippen LogP contribution in [0.25, 0.3) is 0 Å². The van der Waals surface area contributed by atoms with Crippen molar-refractivity contribution >= 4 is 34.5 Å². The summed E-state index contributed by atoms with van der Waals surface area (Å²) >= 11 is 1.43. The molecule has 0 unspecified atom stereocenters. The van der Waals surface area contributed by atoms with E-state index in [-0.39, 0.29) is 23.2 Å². The van der Waals surface area contributed by atoms with Crippen molar-refractivity contribution < 1.29 is 9.59 Å². The Balaban J connectivity index is 1.39. The Bertz CT molecular complexity index is 1550. The first-order chi connectivity index (χ1) is 17.5. The van der Waals surface area contributed by atoms with Crippen molar-refractivity contribution in [3.05, 3.63) is 99.0 Å². The maximum Gasteiger partial charge on any atom is 0.277 e. The topological polar surface area (TPSA) is 115 Å². The van der Waals surface area contributed by atoms with Gasteiger partial charge in [-0.2, -0.15) is 15.6 Å². The molecule has 2 amide bonds. The molecule has 0 saturated carbocycles. The van der Waals surface area contributed by atoms with Crippen LogP contribution in [0.15, 0.2) is 66.2 Å². The van der Waals surface area contributed by atoms with E-state index in [9.17, 15) is 14.9 Å². The van der Waals surface area contributed by atoms with Crippen LogP contribution in [0.2, 0.25) is 0 Å². The monoisotopic (exact) mass is 492 g/mol. The molecule has 0 aliphatic carbocycles. The van der Waals surface area contributed by atoms with Crippen LogP contribution in [-0.4, -0.2) is 27.6 Å². The molecular weight excluding hydrogens is 472 g/mol. The Morgan fingerprint density at radius 2 is 1.97 bits per heavy atom. The molecule has 2 aromatic heterocycles. The normalized spacial score (nSPS) is 14.6. The van der Waals surface area contributed by atoms with E-state index in [1.807, 2.05) is 48.7 Å². The van der Waals surface area contributed by atoms with E-state index in [1.54, 1.807) is 33.8 Å². The minimum absolute atomic E-state index is 0.166. The highest BCUT2D eigenvalue weighted by Crippen LogP contribution is 2.28. The zero-order valence-electron chi connectivity index (χ0n) is 19.3. The van der Waals surface area contributed by atoms with Gasteiger partial charge in [0.2, 0.25) is 0 Å². The van der Waals surface area contributed by atoms with Crippen LogP contribution in [0.3, 0.4) is 0 Å². The van der Waals surface area contributed by atoms with Crippen molar-refractivity contribution in [2.24, 2.45) is 0 Å². The molecule has 1 atom stereocenters. The van der Waals surface area contributed by atoms with Crippen LogP contribution in [0.5, 0.6) is 0 Å². The van der Waals surface area contributed by atoms with Crippen molar-refractivity contribution in [3.8, 4) is 12.1 Å². The lowest BCUT2D eigenvalue weighted by Crippen LogP contribution is -2.47. The second-order valence-corrected chi connectivity index (χ2v) is 9.41. The van der Waals surface area contributed by atoms with Gasteiger partial charge in [-0.25, -0.2) is 0 Å². The zero-order chi connectivity index (χ0) is 25.2. The highest BCUT2D eigenvalue weighted by atomic mass is 32.1. The number of carbonyl (C=O) groups is 2. The number of aromatic nitrogens is 2. The van der Waals surface area contributed by atoms with Crippen LogP contribution >= 0.6 is 11.3 Å². The first-order valence-electron chi connectivity index (χ1n) is 11.2. The second kappa shape index (κ2) is 9.49. The fourth-order valence-corrected chi connectivity index (χ4v) is 5.08. The molecule has 9 heteroatoms. The fourth-order valence-electron chi connectivity index (χ4n) is 4.37. The summed E-state index contributed by atoms with van der Waals surface area (Å²) in [5, 5.41) is 27.3. The van der Waals surface area contributed by atoms with Crippen LogP contribution in [0.1, 0.15) is 49.3 Å². The average Bonchev–Trinajstić information content (AvgIpc) is 3.52. The van der Waals surface area contributed by atoms with E-state index in [2.05, 4.69) is 16.5 Å². The Labute approximate surface area is 211 Å². The zero-order valence-corrected chi connectivity index (χ0v) is 20.1. The number of nitrogens with zero attached hydrogens (tertiary/aromatic N) is 5. The van der Waals surface area contributed by atoms with Crippen LogP contribution in [0.4, 0.5) is 11.4 Å². The molecule has 176 valence electrons. The Kier molecular flexibility index (Phi) is 6.07. The second-order valence-electron chi connectivity index (χ2n) is 8.49. The predicted octanol–water partition coefficient (Wildman–Crippen LogP) is 4.58. The minimum atomic E-state index is -0.464. The van der Waals surface area contributed by atoms with E-state index < -0.39 is 5.91 Å². The third-order valence-electron chi connectivity index (χ3n) is 6.09. The van der Waals surface area contributed by atoms with Crippen molar-refractivity contribution in [1.29, 1.82) is 10.5 Å². The molecule has 1 aliphatic rings. The molecule has 0 spiro atoms. The summed E-state index contributed by atoms with van der Waals surface area (Å²) in [6, 6.07) is 20.3. The summed E-state index contributed by atoms with van der Waals surface area (Å²) in [6.07, 6.45) is 2.05. The smallest absolute Gasteiger partial charge is 0.277 e. The fraction of sp³-hybridized carbons (Fsp3) is 0.148. The first-order valence-corrected chi connectivity index (χ1v) is 12.1. The number of hydrogen-bond donors (Lipinski definition) is 1. The van der Waals surface area contributed by atoms with Crippen LogP contribution in [-0.2, 0) is 13.0 Å². The van der Waals surface area contributed by atoms with Gasteiger partial charge in [-0.15, -0.1) is 11.3 Å². The standard InChI is InChI=1S/C27H20N6O2S/c1-17-16-32-25(23(15-30-32)26(34)31-21-4-2-3-19(12-21)13-28)27(35)33(17)22-7-5-18(6-8-22)11-20-9-10-36-24(20)14-29/h2-10,12,15,17H,11,16H2,1H3,(H,31,34)/t17-/m0/s1. The van der Waals surface area contributed by atoms with Gasteiger partial charge in [0, 0.05) is 11.4 Å². The quantitative estimate of drug-likeness (QED) is 0.438. The highest BCUT2D eigenvalue weighted by Gasteiger charge is 2.35. The molecule has 2 aromatic carbocycles. The van der Waals surface area contributed by atoms with Gasteiger partial charge in [-0.3, -0.25) is 14.3 Å². The summed E-state index contributed by atoms with van der Waals surface area (Å²) in [5.41, 5.74) is 4.04. The molecule has 1 N–H and O–H groups in total. The molecule has 0 bridgehead atoms. The number of thiophene rings is 1. The molecule has 8 nitrogen and oxygen atoms in total. The Hall–Kier alpha value is -4.73. The largest absolute Gasteiger partial charge is 0.322 e. The predicted molar refractivity (Wildman–Crippen MR) is 136 cm³/mol. The molecule has 4 aromatic rings. The summed E-state index contributed by atoms with van der Waals surface area (Å²) in [4.78, 5) is 29.0. The first kappa shape index (κ1) is 23.0. The number of fused-ring (bicyclic) bond motifs is 1. The molecule has 1 aliphatic heterocycles. The minimum Gasteiger partial charge on any atom is -0.322 e. The van der Waals surface area contributed by atoms with Gasteiger partial charge in [0.25, 0.3) is 11.8 Å². The maximum atomic E-state index is 13.6. The third kappa shape index (κ3) is 4.24. The van der Waals surface area contributed by atoms with Gasteiger partial charge in [-0.05, 0) is 66.2 Å². The maximum absolute atomic E-state index is 13.6. The van der Waals surface area contributed by atoms with E-state index in [4.69, 9.17) is 5.26 Å². The SMILES string of the molecule is C[C@H]1Cn2ncc(C(=O)Nc3cccc(C#N)c3)c2C(=O)N1c1ccc(Cc2ccsc2C#N)cc1. The van der Waals surface area contributed by atoms with Gasteiger partial charge in [-0.1, -0.05) is 18.2 Å². The molecule has 36 heavy (non-hydrogen) atoms. The number of anilines is 2. The van der Waals surface area contributed by atoms with E-state index in [0.717, 1.165) is 16.8 Å². The Morgan fingerprint density at radius 3 is 2.72 bits per heavy atom. The van der Waals surface area contributed by atoms with Crippen molar-refractivity contribution in [1.82, 2.24) is 9.78 Å². The van der Waals surface area contributed by atoms with Crippen LogP contribution < -0.4 is 10.2 Å². The van der Waals surface area contributed by atoms with Crippen molar-refractivity contribution in [3.63, 3.8) is 0 Å². The molecule has 3 heterocycles. The number of benzene rings is 2. The third-order valence-corrected chi connectivity index (χ3v) is 6.95. The number of amides is 2. The van der Waals surface area contributed by atoms with E-state index in [0.29, 0.717) is 29.1 Å². The molecule has 0 radical (unpaired) electrons.